The Morgan fingerprint density at radius 3 is 2.61 bits per heavy atom. The van der Waals surface area contributed by atoms with E-state index in [9.17, 15) is 10.2 Å². The van der Waals surface area contributed by atoms with Crippen LogP contribution in [0.3, 0.4) is 0 Å². The van der Waals surface area contributed by atoms with E-state index < -0.39 is 0 Å². The van der Waals surface area contributed by atoms with Crippen molar-refractivity contribution >= 4 is 11.3 Å². The number of nitrogens with one attached hydrogen (secondary N) is 1. The average Bonchev–Trinajstić information content (AvgIpc) is 3.37. The monoisotopic (exact) mass is 391 g/mol. The van der Waals surface area contributed by atoms with Crippen LogP contribution >= 0.6 is 11.3 Å². The number of ether oxygens (including phenoxy) is 2. The van der Waals surface area contributed by atoms with E-state index in [2.05, 4.69) is 4.98 Å². The summed E-state index contributed by atoms with van der Waals surface area (Å²) in [5, 5.41) is 22.2. The molecule has 3 heterocycles. The van der Waals surface area contributed by atoms with Gasteiger partial charge >= 0.3 is 0 Å². The standard InChI is InChI=1S/C22H17NO4S/c24-13-6-7-14(17(25)11-13)16-12-23-21(19-5-2-10-28-19)20(16)15-3-1-4-18-22(15)27-9-8-26-18/h1-7,10-12,23-25H,8-9H2. The largest absolute Gasteiger partial charge is 0.508 e. The molecule has 5 rings (SSSR count). The third kappa shape index (κ3) is 2.70. The quantitative estimate of drug-likeness (QED) is 0.445. The van der Waals surface area contributed by atoms with Crippen LogP contribution in [-0.4, -0.2) is 28.4 Å². The van der Waals surface area contributed by atoms with Crippen molar-refractivity contribution in [1.29, 1.82) is 0 Å². The minimum Gasteiger partial charge on any atom is -0.508 e. The predicted octanol–water partition coefficient (Wildman–Crippen LogP) is 5.26. The molecule has 2 aromatic carbocycles. The van der Waals surface area contributed by atoms with Crippen molar-refractivity contribution in [2.75, 3.05) is 13.2 Å². The lowest BCUT2D eigenvalue weighted by atomic mass is 9.94. The van der Waals surface area contributed by atoms with E-state index in [4.69, 9.17) is 9.47 Å². The lowest BCUT2D eigenvalue weighted by Crippen LogP contribution is -2.15. The number of phenolic OH excluding ortho intramolecular Hbond substituents is 2. The summed E-state index contributed by atoms with van der Waals surface area (Å²) in [6, 6.07) is 14.5. The zero-order valence-corrected chi connectivity index (χ0v) is 15.6. The van der Waals surface area contributed by atoms with Crippen LogP contribution in [0, 0.1) is 0 Å². The van der Waals surface area contributed by atoms with E-state index in [-0.39, 0.29) is 11.5 Å². The van der Waals surface area contributed by atoms with Gasteiger partial charge in [-0.1, -0.05) is 18.2 Å². The van der Waals surface area contributed by atoms with E-state index in [1.54, 1.807) is 23.5 Å². The maximum Gasteiger partial charge on any atom is 0.169 e. The fraction of sp³-hybridized carbons (Fsp3) is 0.0909. The van der Waals surface area contributed by atoms with Crippen LogP contribution in [0.5, 0.6) is 23.0 Å². The molecule has 140 valence electrons. The summed E-state index contributed by atoms with van der Waals surface area (Å²) in [5.41, 5.74) is 4.21. The van der Waals surface area contributed by atoms with E-state index >= 15 is 0 Å². The van der Waals surface area contributed by atoms with Crippen LogP contribution in [0.15, 0.2) is 60.1 Å². The summed E-state index contributed by atoms with van der Waals surface area (Å²) >= 11 is 1.63. The van der Waals surface area contributed by atoms with Crippen LogP contribution in [0.1, 0.15) is 0 Å². The summed E-state index contributed by atoms with van der Waals surface area (Å²) < 4.78 is 11.7. The Bertz CT molecular complexity index is 1150. The van der Waals surface area contributed by atoms with Gasteiger partial charge in [0.2, 0.25) is 0 Å². The summed E-state index contributed by atoms with van der Waals surface area (Å²) in [6.07, 6.45) is 1.87. The van der Waals surface area contributed by atoms with Crippen molar-refractivity contribution in [2.45, 2.75) is 0 Å². The van der Waals surface area contributed by atoms with E-state index in [1.165, 1.54) is 6.07 Å². The Labute approximate surface area is 165 Å². The van der Waals surface area contributed by atoms with E-state index in [0.29, 0.717) is 30.3 Å². The summed E-state index contributed by atoms with van der Waals surface area (Å²) in [4.78, 5) is 4.44. The molecule has 0 atom stereocenters. The first kappa shape index (κ1) is 16.8. The fourth-order valence-electron chi connectivity index (χ4n) is 3.55. The van der Waals surface area contributed by atoms with Crippen LogP contribution < -0.4 is 9.47 Å². The number of para-hydroxylation sites is 1. The number of H-pyrrole nitrogens is 1. The van der Waals surface area contributed by atoms with Gasteiger partial charge in [-0.25, -0.2) is 0 Å². The number of aromatic amines is 1. The van der Waals surface area contributed by atoms with Gasteiger partial charge < -0.3 is 24.7 Å². The molecule has 0 bridgehead atoms. The fourth-order valence-corrected chi connectivity index (χ4v) is 4.29. The Morgan fingerprint density at radius 2 is 1.79 bits per heavy atom. The molecule has 0 fully saturated rings. The third-order valence-corrected chi connectivity index (χ3v) is 5.64. The molecule has 28 heavy (non-hydrogen) atoms. The number of hydrogen-bond donors (Lipinski definition) is 3. The van der Waals surface area contributed by atoms with Gasteiger partial charge in [0.05, 0.1) is 10.6 Å². The predicted molar refractivity (Wildman–Crippen MR) is 109 cm³/mol. The Morgan fingerprint density at radius 1 is 0.893 bits per heavy atom. The van der Waals surface area contributed by atoms with Crippen LogP contribution in [0.25, 0.3) is 32.8 Å². The van der Waals surface area contributed by atoms with Gasteiger partial charge in [0.1, 0.15) is 24.7 Å². The molecule has 0 saturated carbocycles. The molecule has 6 heteroatoms. The molecule has 0 spiro atoms. The lowest BCUT2D eigenvalue weighted by Gasteiger charge is -2.22. The SMILES string of the molecule is Oc1ccc(-c2c[nH]c(-c3cccs3)c2-c2cccc3c2OCCO3)c(O)c1. The first-order valence-electron chi connectivity index (χ1n) is 8.89. The summed E-state index contributed by atoms with van der Waals surface area (Å²) in [6.45, 7) is 1.01. The molecule has 1 aliphatic rings. The van der Waals surface area contributed by atoms with Gasteiger partial charge in [-0.3, -0.25) is 0 Å². The average molecular weight is 391 g/mol. The minimum atomic E-state index is 0.0138. The lowest BCUT2D eigenvalue weighted by molar-refractivity contribution is 0.172. The number of phenols is 2. The minimum absolute atomic E-state index is 0.0138. The highest BCUT2D eigenvalue weighted by Crippen LogP contribution is 2.49. The highest BCUT2D eigenvalue weighted by molar-refractivity contribution is 7.13. The normalized spacial score (nSPS) is 12.9. The van der Waals surface area contributed by atoms with E-state index in [1.807, 2.05) is 41.9 Å². The molecule has 0 amide bonds. The zero-order chi connectivity index (χ0) is 19.1. The Hall–Kier alpha value is -3.38. The Balaban J connectivity index is 1.80. The van der Waals surface area contributed by atoms with Crippen LogP contribution in [-0.2, 0) is 0 Å². The second-order valence-electron chi connectivity index (χ2n) is 6.46. The molecule has 4 aromatic rings. The van der Waals surface area contributed by atoms with Crippen molar-refractivity contribution in [3.8, 4) is 55.8 Å². The Kier molecular flexibility index (Phi) is 3.98. The molecule has 5 nitrogen and oxygen atoms in total. The molecule has 2 aromatic heterocycles. The second-order valence-corrected chi connectivity index (χ2v) is 7.41. The number of aromatic nitrogens is 1. The van der Waals surface area contributed by atoms with Crippen molar-refractivity contribution < 1.29 is 19.7 Å². The summed E-state index contributed by atoms with van der Waals surface area (Å²) in [7, 11) is 0. The number of thiophene rings is 1. The van der Waals surface area contributed by atoms with Crippen molar-refractivity contribution in [2.24, 2.45) is 0 Å². The zero-order valence-electron chi connectivity index (χ0n) is 14.8. The molecule has 0 aliphatic carbocycles. The first-order valence-corrected chi connectivity index (χ1v) is 9.77. The number of fused-ring (bicyclic) bond motifs is 1. The molecule has 3 N–H and O–H groups in total. The molecule has 0 saturated heterocycles. The number of hydrogen-bond acceptors (Lipinski definition) is 5. The molecule has 0 radical (unpaired) electrons. The number of benzene rings is 2. The van der Waals surface area contributed by atoms with Gasteiger partial charge in [0.25, 0.3) is 0 Å². The van der Waals surface area contributed by atoms with Gasteiger partial charge in [-0.05, 0) is 29.6 Å². The molecular weight excluding hydrogens is 374 g/mol. The van der Waals surface area contributed by atoms with Gasteiger partial charge in [0, 0.05) is 34.5 Å². The van der Waals surface area contributed by atoms with Crippen molar-refractivity contribution in [3.05, 3.63) is 60.1 Å². The molecule has 0 unspecified atom stereocenters. The van der Waals surface area contributed by atoms with Crippen molar-refractivity contribution in [1.82, 2.24) is 4.98 Å². The molecular formula is C22H17NO4S. The maximum absolute atomic E-state index is 10.5. The summed E-state index contributed by atoms with van der Waals surface area (Å²) in [5.74, 6) is 1.44. The molecule has 1 aliphatic heterocycles. The van der Waals surface area contributed by atoms with Crippen LogP contribution in [0.2, 0.25) is 0 Å². The van der Waals surface area contributed by atoms with Crippen molar-refractivity contribution in [3.63, 3.8) is 0 Å². The highest BCUT2D eigenvalue weighted by Gasteiger charge is 2.24. The maximum atomic E-state index is 10.5. The number of rotatable bonds is 3. The van der Waals surface area contributed by atoms with E-state index in [0.717, 1.165) is 27.3 Å². The third-order valence-electron chi connectivity index (χ3n) is 4.75. The van der Waals surface area contributed by atoms with Crippen LogP contribution in [0.4, 0.5) is 0 Å². The first-order chi connectivity index (χ1) is 13.7. The second kappa shape index (κ2) is 6.65. The van der Waals surface area contributed by atoms with Gasteiger partial charge in [-0.15, -0.1) is 11.3 Å². The van der Waals surface area contributed by atoms with Gasteiger partial charge in [-0.2, -0.15) is 0 Å². The number of aromatic hydroxyl groups is 2. The van der Waals surface area contributed by atoms with Gasteiger partial charge in [0.15, 0.2) is 11.5 Å². The smallest absolute Gasteiger partial charge is 0.169 e. The highest BCUT2D eigenvalue weighted by atomic mass is 32.1. The topological polar surface area (TPSA) is 74.7 Å².